The summed E-state index contributed by atoms with van der Waals surface area (Å²) in [5.74, 6) is 0. The summed E-state index contributed by atoms with van der Waals surface area (Å²) in [5, 5.41) is 3.33. The molecule has 2 nitrogen and oxygen atoms in total. The zero-order chi connectivity index (χ0) is 10.2. The first-order chi connectivity index (χ1) is 6.83. The van der Waals surface area contributed by atoms with Crippen LogP contribution in [-0.2, 0) is 11.2 Å². The van der Waals surface area contributed by atoms with E-state index < -0.39 is 0 Å². The molecule has 1 N–H and O–H groups in total. The maximum atomic E-state index is 4.95. The Labute approximate surface area is 86.3 Å². The minimum atomic E-state index is 0.786. The minimum Gasteiger partial charge on any atom is -0.383 e. The van der Waals surface area contributed by atoms with Crippen LogP contribution in [-0.4, -0.2) is 26.8 Å². The lowest BCUT2D eigenvalue weighted by molar-refractivity contribution is 0.199. The molecule has 0 aliphatic rings. The molecule has 0 atom stereocenters. The van der Waals surface area contributed by atoms with Crippen molar-refractivity contribution >= 4 is 0 Å². The van der Waals surface area contributed by atoms with E-state index in [1.165, 1.54) is 11.1 Å². The van der Waals surface area contributed by atoms with E-state index in [9.17, 15) is 0 Å². The first kappa shape index (κ1) is 11.2. The van der Waals surface area contributed by atoms with Gasteiger partial charge in [0.25, 0.3) is 0 Å². The van der Waals surface area contributed by atoms with Crippen LogP contribution in [0.25, 0.3) is 0 Å². The molecule has 0 unspecified atom stereocenters. The third kappa shape index (κ3) is 4.40. The van der Waals surface area contributed by atoms with Gasteiger partial charge >= 0.3 is 0 Å². The predicted molar refractivity (Wildman–Crippen MR) is 59.6 cm³/mol. The molecule has 0 aromatic heterocycles. The smallest absolute Gasteiger partial charge is 0.0587 e. The zero-order valence-electron chi connectivity index (χ0n) is 9.05. The second-order valence-electron chi connectivity index (χ2n) is 3.48. The van der Waals surface area contributed by atoms with Crippen molar-refractivity contribution in [2.75, 3.05) is 26.8 Å². The normalized spacial score (nSPS) is 10.4. The molecule has 0 fully saturated rings. The van der Waals surface area contributed by atoms with E-state index in [0.717, 1.165) is 26.1 Å². The Hall–Kier alpha value is -0.860. The Balaban J connectivity index is 2.18. The maximum Gasteiger partial charge on any atom is 0.0587 e. The van der Waals surface area contributed by atoms with E-state index in [0.29, 0.717) is 0 Å². The van der Waals surface area contributed by atoms with Gasteiger partial charge in [0.1, 0.15) is 0 Å². The third-order valence-corrected chi connectivity index (χ3v) is 2.16. The van der Waals surface area contributed by atoms with Gasteiger partial charge in [-0.05, 0) is 25.5 Å². The molecule has 1 aromatic carbocycles. The number of nitrogens with one attached hydrogen (secondary N) is 1. The molecule has 14 heavy (non-hydrogen) atoms. The van der Waals surface area contributed by atoms with Crippen molar-refractivity contribution in [3.8, 4) is 0 Å². The summed E-state index contributed by atoms with van der Waals surface area (Å²) in [6.07, 6.45) is 1.09. The fraction of sp³-hybridized carbons (Fsp3) is 0.500. The Bertz CT molecular complexity index is 260. The van der Waals surface area contributed by atoms with Crippen LogP contribution in [0.5, 0.6) is 0 Å². The Morgan fingerprint density at radius 2 is 2.14 bits per heavy atom. The van der Waals surface area contributed by atoms with Gasteiger partial charge in [0.05, 0.1) is 6.61 Å². The van der Waals surface area contributed by atoms with Crippen LogP contribution in [0.2, 0.25) is 0 Å². The van der Waals surface area contributed by atoms with E-state index in [2.05, 4.69) is 36.5 Å². The van der Waals surface area contributed by atoms with E-state index in [4.69, 9.17) is 4.74 Å². The summed E-state index contributed by atoms with van der Waals surface area (Å²) in [7, 11) is 1.72. The number of aryl methyl sites for hydroxylation is 1. The van der Waals surface area contributed by atoms with Crippen LogP contribution in [0.1, 0.15) is 11.1 Å². The SMILES string of the molecule is COCCNCCc1cccc(C)c1. The van der Waals surface area contributed by atoms with Gasteiger partial charge in [-0.1, -0.05) is 29.8 Å². The van der Waals surface area contributed by atoms with Gasteiger partial charge in [-0.3, -0.25) is 0 Å². The van der Waals surface area contributed by atoms with Crippen LogP contribution in [0.3, 0.4) is 0 Å². The van der Waals surface area contributed by atoms with Gasteiger partial charge in [-0.25, -0.2) is 0 Å². The molecule has 0 aliphatic heterocycles. The summed E-state index contributed by atoms with van der Waals surface area (Å²) in [4.78, 5) is 0. The van der Waals surface area contributed by atoms with Crippen molar-refractivity contribution in [3.63, 3.8) is 0 Å². The number of ether oxygens (including phenoxy) is 1. The Kier molecular flexibility index (Phi) is 5.27. The van der Waals surface area contributed by atoms with Gasteiger partial charge < -0.3 is 10.1 Å². The summed E-state index contributed by atoms with van der Waals surface area (Å²) >= 11 is 0. The van der Waals surface area contributed by atoms with Crippen LogP contribution >= 0.6 is 0 Å². The van der Waals surface area contributed by atoms with E-state index in [1.54, 1.807) is 7.11 Å². The number of benzene rings is 1. The fourth-order valence-electron chi connectivity index (χ4n) is 1.40. The largest absolute Gasteiger partial charge is 0.383 e. The third-order valence-electron chi connectivity index (χ3n) is 2.16. The van der Waals surface area contributed by atoms with Crippen LogP contribution < -0.4 is 5.32 Å². The number of methoxy groups -OCH3 is 1. The first-order valence-electron chi connectivity index (χ1n) is 5.08. The zero-order valence-corrected chi connectivity index (χ0v) is 9.05. The van der Waals surface area contributed by atoms with Crippen molar-refractivity contribution in [1.29, 1.82) is 0 Å². The highest BCUT2D eigenvalue weighted by Gasteiger charge is 1.92. The highest BCUT2D eigenvalue weighted by molar-refractivity contribution is 5.22. The Morgan fingerprint density at radius 3 is 2.86 bits per heavy atom. The quantitative estimate of drug-likeness (QED) is 0.695. The molecule has 78 valence electrons. The van der Waals surface area contributed by atoms with E-state index >= 15 is 0 Å². The van der Waals surface area contributed by atoms with Gasteiger partial charge in [0.2, 0.25) is 0 Å². The molecule has 0 heterocycles. The van der Waals surface area contributed by atoms with Crippen LogP contribution in [0.15, 0.2) is 24.3 Å². The van der Waals surface area contributed by atoms with E-state index in [1.807, 2.05) is 0 Å². The number of hydrogen-bond acceptors (Lipinski definition) is 2. The lowest BCUT2D eigenvalue weighted by atomic mass is 10.1. The average molecular weight is 193 g/mol. The highest BCUT2D eigenvalue weighted by atomic mass is 16.5. The van der Waals surface area contributed by atoms with Gasteiger partial charge in [0, 0.05) is 13.7 Å². The van der Waals surface area contributed by atoms with Crippen molar-refractivity contribution in [3.05, 3.63) is 35.4 Å². The molecule has 1 rings (SSSR count). The first-order valence-corrected chi connectivity index (χ1v) is 5.08. The van der Waals surface area contributed by atoms with Crippen molar-refractivity contribution in [2.24, 2.45) is 0 Å². The average Bonchev–Trinajstić information content (AvgIpc) is 2.18. The summed E-state index contributed by atoms with van der Waals surface area (Å²) < 4.78 is 4.95. The number of rotatable bonds is 6. The molecule has 0 saturated heterocycles. The van der Waals surface area contributed by atoms with Crippen molar-refractivity contribution in [2.45, 2.75) is 13.3 Å². The fourth-order valence-corrected chi connectivity index (χ4v) is 1.40. The van der Waals surface area contributed by atoms with Gasteiger partial charge in [0.15, 0.2) is 0 Å². The molecule has 0 saturated carbocycles. The highest BCUT2D eigenvalue weighted by Crippen LogP contribution is 2.03. The van der Waals surface area contributed by atoms with Crippen LogP contribution in [0.4, 0.5) is 0 Å². The second kappa shape index (κ2) is 6.57. The lowest BCUT2D eigenvalue weighted by Crippen LogP contribution is -2.21. The molecule has 0 amide bonds. The summed E-state index contributed by atoms with van der Waals surface area (Å²) in [6.45, 7) is 4.87. The van der Waals surface area contributed by atoms with E-state index in [-0.39, 0.29) is 0 Å². The molecule has 2 heteroatoms. The van der Waals surface area contributed by atoms with Gasteiger partial charge in [-0.2, -0.15) is 0 Å². The van der Waals surface area contributed by atoms with Crippen LogP contribution in [0, 0.1) is 6.92 Å². The van der Waals surface area contributed by atoms with Gasteiger partial charge in [-0.15, -0.1) is 0 Å². The molecule has 0 radical (unpaired) electrons. The molecule has 0 spiro atoms. The Morgan fingerprint density at radius 1 is 1.29 bits per heavy atom. The van der Waals surface area contributed by atoms with Crippen molar-refractivity contribution in [1.82, 2.24) is 5.32 Å². The second-order valence-corrected chi connectivity index (χ2v) is 3.48. The van der Waals surface area contributed by atoms with Crippen molar-refractivity contribution < 1.29 is 4.74 Å². The maximum absolute atomic E-state index is 4.95. The minimum absolute atomic E-state index is 0.786. The lowest BCUT2D eigenvalue weighted by Gasteiger charge is -2.04. The molecule has 0 bridgehead atoms. The monoisotopic (exact) mass is 193 g/mol. The molecule has 1 aromatic rings. The molecule has 0 aliphatic carbocycles. The topological polar surface area (TPSA) is 21.3 Å². The standard InChI is InChI=1S/C12H19NO/c1-11-4-3-5-12(10-11)6-7-13-8-9-14-2/h3-5,10,13H,6-9H2,1-2H3. The molecular formula is C12H19NO. The summed E-state index contributed by atoms with van der Waals surface area (Å²) in [5.41, 5.74) is 2.73. The predicted octanol–water partition coefficient (Wildman–Crippen LogP) is 1.77. The summed E-state index contributed by atoms with van der Waals surface area (Å²) in [6, 6.07) is 8.64. The number of hydrogen-bond donors (Lipinski definition) is 1. The molecular weight excluding hydrogens is 174 g/mol.